The van der Waals surface area contributed by atoms with Crippen molar-refractivity contribution in [2.45, 2.75) is 34.6 Å². The average Bonchev–Trinajstić information content (AvgIpc) is 1.81. The molecule has 0 aliphatic carbocycles. The lowest BCUT2D eigenvalue weighted by atomic mass is 9.85. The van der Waals surface area contributed by atoms with Crippen molar-refractivity contribution in [2.75, 3.05) is 0 Å². The molecule has 0 amide bonds. The predicted molar refractivity (Wildman–Crippen MR) is 51.1 cm³/mol. The van der Waals surface area contributed by atoms with Gasteiger partial charge >= 0.3 is 0 Å². The zero-order valence-corrected chi connectivity index (χ0v) is 8.39. The van der Waals surface area contributed by atoms with Gasteiger partial charge in [0.2, 0.25) is 0 Å². The molecule has 0 atom stereocenters. The Morgan fingerprint density at radius 1 is 1.09 bits per heavy atom. The van der Waals surface area contributed by atoms with Gasteiger partial charge in [0.1, 0.15) is 0 Å². The monoisotopic (exact) mass is 155 g/mol. The molecule has 2 N–H and O–H groups in total. The van der Waals surface area contributed by atoms with Gasteiger partial charge in [0.25, 0.3) is 0 Å². The average molecular weight is 155 g/mol. The smallest absolute Gasteiger partial charge is 0.00113 e. The van der Waals surface area contributed by atoms with Crippen LogP contribution in [0, 0.1) is 17.8 Å². The molecule has 0 saturated carbocycles. The molecule has 0 saturated heterocycles. The van der Waals surface area contributed by atoms with Gasteiger partial charge in [-0.25, -0.2) is 0 Å². The third-order valence-corrected chi connectivity index (χ3v) is 1.99. The summed E-state index contributed by atoms with van der Waals surface area (Å²) in [4.78, 5) is 0. The third-order valence-electron chi connectivity index (χ3n) is 1.99. The van der Waals surface area contributed by atoms with E-state index in [2.05, 4.69) is 33.8 Å². The van der Waals surface area contributed by atoms with Crippen molar-refractivity contribution >= 4 is 0 Å². The SMILES string of the molecule is C/C(N)=C\C(C(C)C)C(C)C. The van der Waals surface area contributed by atoms with E-state index in [-0.39, 0.29) is 0 Å². The topological polar surface area (TPSA) is 26.0 Å². The summed E-state index contributed by atoms with van der Waals surface area (Å²) in [6.07, 6.45) is 2.18. The van der Waals surface area contributed by atoms with Gasteiger partial charge < -0.3 is 5.73 Å². The maximum Gasteiger partial charge on any atom is 0.00113 e. The molecule has 0 aliphatic rings. The number of hydrogen-bond acceptors (Lipinski definition) is 1. The molecule has 0 spiro atoms. The Bertz CT molecular complexity index is 122. The highest BCUT2D eigenvalue weighted by Gasteiger charge is 2.13. The second-order valence-electron chi connectivity index (χ2n) is 3.98. The summed E-state index contributed by atoms with van der Waals surface area (Å²) < 4.78 is 0. The molecule has 0 fully saturated rings. The number of rotatable bonds is 3. The standard InChI is InChI=1S/C10H21N/c1-7(2)10(8(3)4)6-9(5)11/h6-8,10H,11H2,1-5H3/b9-6+. The first-order valence-corrected chi connectivity index (χ1v) is 4.39. The first kappa shape index (κ1) is 10.5. The third kappa shape index (κ3) is 4.07. The van der Waals surface area contributed by atoms with E-state index < -0.39 is 0 Å². The van der Waals surface area contributed by atoms with Crippen LogP contribution in [0.4, 0.5) is 0 Å². The minimum Gasteiger partial charge on any atom is -0.403 e. The van der Waals surface area contributed by atoms with Gasteiger partial charge in [0.15, 0.2) is 0 Å². The van der Waals surface area contributed by atoms with E-state index in [1.54, 1.807) is 0 Å². The number of allylic oxidation sites excluding steroid dienone is 2. The highest BCUT2D eigenvalue weighted by molar-refractivity contribution is 4.97. The summed E-state index contributed by atoms with van der Waals surface area (Å²) in [6.45, 7) is 10.9. The maximum atomic E-state index is 5.63. The molecule has 0 bridgehead atoms. The Labute approximate surface area is 70.7 Å². The maximum absolute atomic E-state index is 5.63. The van der Waals surface area contributed by atoms with Crippen molar-refractivity contribution < 1.29 is 0 Å². The van der Waals surface area contributed by atoms with E-state index in [1.165, 1.54) is 0 Å². The van der Waals surface area contributed by atoms with Crippen LogP contribution in [0.2, 0.25) is 0 Å². The summed E-state index contributed by atoms with van der Waals surface area (Å²) >= 11 is 0. The normalized spacial score (nSPS) is 13.6. The summed E-state index contributed by atoms with van der Waals surface area (Å²) in [5, 5.41) is 0. The predicted octanol–water partition coefficient (Wildman–Crippen LogP) is 2.78. The Kier molecular flexibility index (Phi) is 4.24. The highest BCUT2D eigenvalue weighted by atomic mass is 14.5. The molecule has 0 aromatic carbocycles. The Morgan fingerprint density at radius 3 is 1.55 bits per heavy atom. The number of nitrogens with two attached hydrogens (primary N) is 1. The Hall–Kier alpha value is -0.460. The van der Waals surface area contributed by atoms with Crippen LogP contribution >= 0.6 is 0 Å². The van der Waals surface area contributed by atoms with Gasteiger partial charge in [-0.15, -0.1) is 0 Å². The lowest BCUT2D eigenvalue weighted by molar-refractivity contribution is 0.354. The molecule has 0 rings (SSSR count). The van der Waals surface area contributed by atoms with Gasteiger partial charge in [-0.3, -0.25) is 0 Å². The van der Waals surface area contributed by atoms with Crippen LogP contribution in [0.1, 0.15) is 34.6 Å². The molecule has 0 aromatic rings. The van der Waals surface area contributed by atoms with Crippen molar-refractivity contribution in [2.24, 2.45) is 23.5 Å². The first-order chi connectivity index (χ1) is 4.95. The minimum absolute atomic E-state index is 0.625. The quantitative estimate of drug-likeness (QED) is 0.666. The highest BCUT2D eigenvalue weighted by Crippen LogP contribution is 2.22. The zero-order chi connectivity index (χ0) is 9.02. The second-order valence-corrected chi connectivity index (χ2v) is 3.98. The molecule has 0 aliphatic heterocycles. The summed E-state index contributed by atoms with van der Waals surface area (Å²) in [6, 6.07) is 0. The fourth-order valence-electron chi connectivity index (χ4n) is 1.46. The lowest BCUT2D eigenvalue weighted by Gasteiger charge is -2.21. The molecule has 66 valence electrons. The van der Waals surface area contributed by atoms with Crippen molar-refractivity contribution in [3.8, 4) is 0 Å². The van der Waals surface area contributed by atoms with Gasteiger partial charge in [-0.2, -0.15) is 0 Å². The molecule has 0 aromatic heterocycles. The summed E-state index contributed by atoms with van der Waals surface area (Å²) in [5.41, 5.74) is 6.57. The van der Waals surface area contributed by atoms with E-state index in [1.807, 2.05) is 6.92 Å². The molecule has 0 unspecified atom stereocenters. The van der Waals surface area contributed by atoms with Gasteiger partial charge in [0, 0.05) is 5.70 Å². The van der Waals surface area contributed by atoms with Crippen molar-refractivity contribution in [3.05, 3.63) is 11.8 Å². The summed E-state index contributed by atoms with van der Waals surface area (Å²) in [5.74, 6) is 2.00. The van der Waals surface area contributed by atoms with E-state index >= 15 is 0 Å². The van der Waals surface area contributed by atoms with E-state index in [9.17, 15) is 0 Å². The van der Waals surface area contributed by atoms with Crippen LogP contribution in [0.15, 0.2) is 11.8 Å². The van der Waals surface area contributed by atoms with E-state index in [0.29, 0.717) is 17.8 Å². The van der Waals surface area contributed by atoms with Gasteiger partial charge in [-0.1, -0.05) is 33.8 Å². The molecule has 11 heavy (non-hydrogen) atoms. The molecular formula is C10H21N. The number of hydrogen-bond donors (Lipinski definition) is 1. The molecule has 0 radical (unpaired) electrons. The van der Waals surface area contributed by atoms with Gasteiger partial charge in [0.05, 0.1) is 0 Å². The Morgan fingerprint density at radius 2 is 1.45 bits per heavy atom. The van der Waals surface area contributed by atoms with Crippen LogP contribution in [0.3, 0.4) is 0 Å². The fourth-order valence-corrected chi connectivity index (χ4v) is 1.46. The van der Waals surface area contributed by atoms with Gasteiger partial charge in [-0.05, 0) is 24.7 Å². The van der Waals surface area contributed by atoms with Crippen LogP contribution in [-0.4, -0.2) is 0 Å². The van der Waals surface area contributed by atoms with E-state index in [4.69, 9.17) is 5.73 Å². The lowest BCUT2D eigenvalue weighted by Crippen LogP contribution is -2.14. The molecule has 0 heterocycles. The summed E-state index contributed by atoms with van der Waals surface area (Å²) in [7, 11) is 0. The van der Waals surface area contributed by atoms with Crippen molar-refractivity contribution in [1.29, 1.82) is 0 Å². The molecule has 1 heteroatoms. The van der Waals surface area contributed by atoms with Crippen LogP contribution in [0.25, 0.3) is 0 Å². The molecular weight excluding hydrogens is 134 g/mol. The zero-order valence-electron chi connectivity index (χ0n) is 8.39. The van der Waals surface area contributed by atoms with Crippen LogP contribution < -0.4 is 5.73 Å². The largest absolute Gasteiger partial charge is 0.403 e. The first-order valence-electron chi connectivity index (χ1n) is 4.39. The van der Waals surface area contributed by atoms with Crippen molar-refractivity contribution in [3.63, 3.8) is 0 Å². The fraction of sp³-hybridized carbons (Fsp3) is 0.800. The minimum atomic E-state index is 0.625. The van der Waals surface area contributed by atoms with E-state index in [0.717, 1.165) is 5.70 Å². The second kappa shape index (κ2) is 4.42. The molecule has 1 nitrogen and oxygen atoms in total. The van der Waals surface area contributed by atoms with Crippen LogP contribution in [0.5, 0.6) is 0 Å². The Balaban J connectivity index is 4.24. The van der Waals surface area contributed by atoms with Crippen molar-refractivity contribution in [1.82, 2.24) is 0 Å². The van der Waals surface area contributed by atoms with Crippen LogP contribution in [-0.2, 0) is 0 Å².